The average Bonchev–Trinajstić information content (AvgIpc) is 2.87. The van der Waals surface area contributed by atoms with Gasteiger partial charge in [0.1, 0.15) is 0 Å². The summed E-state index contributed by atoms with van der Waals surface area (Å²) in [6.45, 7) is 2.94. The second kappa shape index (κ2) is 6.32. The molecule has 1 aromatic rings. The van der Waals surface area contributed by atoms with Gasteiger partial charge in [-0.15, -0.1) is 11.3 Å². The zero-order valence-electron chi connectivity index (χ0n) is 11.9. The summed E-state index contributed by atoms with van der Waals surface area (Å²) in [4.78, 5) is 5.66. The summed E-state index contributed by atoms with van der Waals surface area (Å²) >= 11 is 3.76. The SMILES string of the molecule is Cc1ncsc1C(NN)C1CCOC2(CCSCC2)C1. The van der Waals surface area contributed by atoms with Crippen LogP contribution in [0, 0.1) is 12.8 Å². The first-order chi connectivity index (χ1) is 9.74. The van der Waals surface area contributed by atoms with E-state index in [-0.39, 0.29) is 11.6 Å². The van der Waals surface area contributed by atoms with Crippen molar-refractivity contribution in [2.24, 2.45) is 11.8 Å². The number of thiazole rings is 1. The zero-order valence-corrected chi connectivity index (χ0v) is 13.6. The highest BCUT2D eigenvalue weighted by atomic mass is 32.2. The summed E-state index contributed by atoms with van der Waals surface area (Å²) in [6, 6.07) is 0.220. The summed E-state index contributed by atoms with van der Waals surface area (Å²) in [6.07, 6.45) is 4.58. The number of nitrogens with zero attached hydrogens (tertiary/aromatic N) is 1. The van der Waals surface area contributed by atoms with Gasteiger partial charge >= 0.3 is 0 Å². The minimum absolute atomic E-state index is 0.113. The van der Waals surface area contributed by atoms with E-state index in [1.807, 2.05) is 17.3 Å². The van der Waals surface area contributed by atoms with Crippen LogP contribution in [0.4, 0.5) is 0 Å². The van der Waals surface area contributed by atoms with Gasteiger partial charge in [-0.25, -0.2) is 4.98 Å². The summed E-state index contributed by atoms with van der Waals surface area (Å²) in [5.41, 5.74) is 6.19. The smallest absolute Gasteiger partial charge is 0.0798 e. The Bertz CT molecular complexity index is 440. The molecule has 0 amide bonds. The number of hydrazine groups is 1. The predicted octanol–water partition coefficient (Wildman–Crippen LogP) is 2.65. The van der Waals surface area contributed by atoms with Crippen molar-refractivity contribution in [3.8, 4) is 0 Å². The lowest BCUT2D eigenvalue weighted by molar-refractivity contribution is -0.107. The maximum Gasteiger partial charge on any atom is 0.0798 e. The molecule has 0 radical (unpaired) electrons. The van der Waals surface area contributed by atoms with Crippen LogP contribution in [0.2, 0.25) is 0 Å². The molecule has 0 bridgehead atoms. The lowest BCUT2D eigenvalue weighted by atomic mass is 9.78. The first kappa shape index (κ1) is 14.8. The minimum atomic E-state index is 0.113. The molecule has 2 aliphatic heterocycles. The largest absolute Gasteiger partial charge is 0.375 e. The van der Waals surface area contributed by atoms with Crippen molar-refractivity contribution in [2.45, 2.75) is 44.2 Å². The van der Waals surface area contributed by atoms with Crippen LogP contribution in [-0.4, -0.2) is 28.7 Å². The summed E-state index contributed by atoms with van der Waals surface area (Å²) in [5.74, 6) is 8.88. The summed E-state index contributed by atoms with van der Waals surface area (Å²) in [5, 5.41) is 0. The molecule has 2 aliphatic rings. The zero-order chi connectivity index (χ0) is 14.0. The molecule has 0 aromatic carbocycles. The van der Waals surface area contributed by atoms with Crippen LogP contribution < -0.4 is 11.3 Å². The van der Waals surface area contributed by atoms with Gasteiger partial charge in [0.25, 0.3) is 0 Å². The van der Waals surface area contributed by atoms with E-state index < -0.39 is 0 Å². The lowest BCUT2D eigenvalue weighted by Gasteiger charge is -2.45. The average molecular weight is 313 g/mol. The number of ether oxygens (including phenoxy) is 1. The van der Waals surface area contributed by atoms with Gasteiger partial charge in [0.05, 0.1) is 22.8 Å². The van der Waals surface area contributed by atoms with Crippen molar-refractivity contribution in [1.82, 2.24) is 10.4 Å². The molecule has 2 atom stereocenters. The maximum absolute atomic E-state index is 6.18. The van der Waals surface area contributed by atoms with Gasteiger partial charge in [-0.2, -0.15) is 11.8 Å². The normalized spacial score (nSPS) is 27.6. The topological polar surface area (TPSA) is 60.2 Å². The van der Waals surface area contributed by atoms with Gasteiger partial charge in [-0.05, 0) is 50.0 Å². The molecular weight excluding hydrogens is 290 g/mol. The third-order valence-corrected chi connectivity index (χ3v) is 6.65. The van der Waals surface area contributed by atoms with Gasteiger partial charge in [-0.1, -0.05) is 0 Å². The second-order valence-electron chi connectivity index (χ2n) is 5.84. The quantitative estimate of drug-likeness (QED) is 0.663. The van der Waals surface area contributed by atoms with E-state index in [0.29, 0.717) is 5.92 Å². The van der Waals surface area contributed by atoms with Crippen LogP contribution in [0.3, 0.4) is 0 Å². The molecule has 3 N–H and O–H groups in total. The molecule has 2 saturated heterocycles. The molecule has 1 spiro atoms. The Balaban J connectivity index is 1.76. The van der Waals surface area contributed by atoms with E-state index >= 15 is 0 Å². The van der Waals surface area contributed by atoms with E-state index in [0.717, 1.165) is 25.1 Å². The number of rotatable bonds is 3. The summed E-state index contributed by atoms with van der Waals surface area (Å²) < 4.78 is 6.18. The molecule has 6 heteroatoms. The Morgan fingerprint density at radius 3 is 2.95 bits per heavy atom. The first-order valence-corrected chi connectivity index (χ1v) is 9.35. The minimum Gasteiger partial charge on any atom is -0.375 e. The second-order valence-corrected chi connectivity index (χ2v) is 7.95. The first-order valence-electron chi connectivity index (χ1n) is 7.32. The van der Waals surface area contributed by atoms with Crippen molar-refractivity contribution in [2.75, 3.05) is 18.1 Å². The molecule has 1 aromatic heterocycles. The Labute approximate surface area is 128 Å². The van der Waals surface area contributed by atoms with Crippen molar-refractivity contribution in [1.29, 1.82) is 0 Å². The van der Waals surface area contributed by atoms with E-state index in [9.17, 15) is 0 Å². The number of hydrogen-bond donors (Lipinski definition) is 2. The number of aromatic nitrogens is 1. The highest BCUT2D eigenvalue weighted by molar-refractivity contribution is 7.99. The van der Waals surface area contributed by atoms with Gasteiger partial charge in [-0.3, -0.25) is 11.3 Å². The third kappa shape index (κ3) is 2.90. The molecule has 4 nitrogen and oxygen atoms in total. The van der Waals surface area contributed by atoms with Crippen LogP contribution in [0.25, 0.3) is 0 Å². The van der Waals surface area contributed by atoms with Crippen LogP contribution in [0.15, 0.2) is 5.51 Å². The maximum atomic E-state index is 6.18. The van der Waals surface area contributed by atoms with Crippen LogP contribution >= 0.6 is 23.1 Å². The van der Waals surface area contributed by atoms with E-state index in [1.54, 1.807) is 11.3 Å². The fraction of sp³-hybridized carbons (Fsp3) is 0.786. The number of thioether (sulfide) groups is 1. The fourth-order valence-corrected chi connectivity index (χ4v) is 5.67. The van der Waals surface area contributed by atoms with Gasteiger partial charge < -0.3 is 4.74 Å². The van der Waals surface area contributed by atoms with Crippen LogP contribution in [0.1, 0.15) is 42.3 Å². The monoisotopic (exact) mass is 313 g/mol. The van der Waals surface area contributed by atoms with Crippen LogP contribution in [0.5, 0.6) is 0 Å². The molecule has 3 rings (SSSR count). The Morgan fingerprint density at radius 1 is 1.50 bits per heavy atom. The molecule has 20 heavy (non-hydrogen) atoms. The van der Waals surface area contributed by atoms with Crippen LogP contribution in [-0.2, 0) is 4.74 Å². The fourth-order valence-electron chi connectivity index (χ4n) is 3.48. The third-order valence-electron chi connectivity index (χ3n) is 4.65. The standard InChI is InChI=1S/C14H23N3OS2/c1-10-13(20-9-16-10)12(17-15)11-2-5-18-14(8-11)3-6-19-7-4-14/h9,11-12,17H,2-8,15H2,1H3. The molecular formula is C14H23N3OS2. The van der Waals surface area contributed by atoms with Crippen molar-refractivity contribution >= 4 is 23.1 Å². The van der Waals surface area contributed by atoms with Gasteiger partial charge in [0, 0.05) is 11.5 Å². The Kier molecular flexibility index (Phi) is 4.67. The van der Waals surface area contributed by atoms with Crippen molar-refractivity contribution in [3.05, 3.63) is 16.1 Å². The van der Waals surface area contributed by atoms with Gasteiger partial charge in [0.15, 0.2) is 0 Å². The van der Waals surface area contributed by atoms with E-state index in [1.165, 1.54) is 29.2 Å². The molecule has 2 unspecified atom stereocenters. The summed E-state index contributed by atoms with van der Waals surface area (Å²) in [7, 11) is 0. The lowest BCUT2D eigenvalue weighted by Crippen LogP contribution is -2.46. The highest BCUT2D eigenvalue weighted by Gasteiger charge is 2.41. The molecule has 112 valence electrons. The Morgan fingerprint density at radius 2 is 2.30 bits per heavy atom. The van der Waals surface area contributed by atoms with Crippen molar-refractivity contribution in [3.63, 3.8) is 0 Å². The number of aryl methyl sites for hydroxylation is 1. The highest BCUT2D eigenvalue weighted by Crippen LogP contribution is 2.44. The Hall–Kier alpha value is -0.140. The van der Waals surface area contributed by atoms with E-state index in [4.69, 9.17) is 10.6 Å². The number of nitrogens with two attached hydrogens (primary N) is 1. The number of hydrogen-bond acceptors (Lipinski definition) is 6. The van der Waals surface area contributed by atoms with Gasteiger partial charge in [0.2, 0.25) is 0 Å². The predicted molar refractivity (Wildman–Crippen MR) is 84.9 cm³/mol. The molecule has 3 heterocycles. The van der Waals surface area contributed by atoms with Crippen molar-refractivity contribution < 1.29 is 4.74 Å². The number of nitrogens with one attached hydrogen (secondary N) is 1. The molecule has 0 saturated carbocycles. The molecule has 0 aliphatic carbocycles. The van der Waals surface area contributed by atoms with E-state index in [2.05, 4.69) is 17.3 Å². The molecule has 2 fully saturated rings.